The third kappa shape index (κ3) is 3.53. The van der Waals surface area contributed by atoms with E-state index in [1.54, 1.807) is 12.5 Å². The lowest BCUT2D eigenvalue weighted by Crippen LogP contribution is -2.48. The summed E-state index contributed by atoms with van der Waals surface area (Å²) in [5, 5.41) is 0. The van der Waals surface area contributed by atoms with E-state index < -0.39 is 0 Å². The van der Waals surface area contributed by atoms with Crippen molar-refractivity contribution >= 4 is 5.91 Å². The van der Waals surface area contributed by atoms with Gasteiger partial charge in [0.15, 0.2) is 0 Å². The fourth-order valence-electron chi connectivity index (χ4n) is 3.36. The van der Waals surface area contributed by atoms with Crippen LogP contribution >= 0.6 is 0 Å². The summed E-state index contributed by atoms with van der Waals surface area (Å²) in [7, 11) is 0. The second-order valence-electron chi connectivity index (χ2n) is 6.54. The molecule has 0 saturated carbocycles. The van der Waals surface area contributed by atoms with Crippen LogP contribution in [0.15, 0.2) is 73.2 Å². The first-order chi connectivity index (χ1) is 12.8. The maximum Gasteiger partial charge on any atom is 0.272 e. The highest BCUT2D eigenvalue weighted by Crippen LogP contribution is 2.15. The number of nitrogens with zero attached hydrogens (tertiary/aromatic N) is 4. The largest absolute Gasteiger partial charge is 0.335 e. The molecule has 0 N–H and O–H groups in total. The van der Waals surface area contributed by atoms with E-state index >= 15 is 0 Å². The van der Waals surface area contributed by atoms with Gasteiger partial charge in [-0.25, -0.2) is 4.98 Å². The number of hydrogen-bond acceptors (Lipinski definition) is 3. The molecule has 2 aromatic carbocycles. The number of rotatable bonds is 4. The molecule has 0 unspecified atom stereocenters. The Balaban J connectivity index is 1.41. The predicted octanol–water partition coefficient (Wildman–Crippen LogP) is 2.83. The third-order valence-corrected chi connectivity index (χ3v) is 4.80. The number of amides is 1. The predicted molar refractivity (Wildman–Crippen MR) is 101 cm³/mol. The normalized spacial score (nSPS) is 15.2. The number of benzene rings is 2. The van der Waals surface area contributed by atoms with Gasteiger partial charge in [-0.3, -0.25) is 14.3 Å². The van der Waals surface area contributed by atoms with Gasteiger partial charge in [-0.1, -0.05) is 48.5 Å². The van der Waals surface area contributed by atoms with Gasteiger partial charge in [-0.2, -0.15) is 0 Å². The van der Waals surface area contributed by atoms with Gasteiger partial charge in [0, 0.05) is 38.4 Å². The van der Waals surface area contributed by atoms with Crippen molar-refractivity contribution in [3.05, 3.63) is 84.4 Å². The van der Waals surface area contributed by atoms with E-state index in [4.69, 9.17) is 0 Å². The number of piperazine rings is 1. The van der Waals surface area contributed by atoms with Crippen LogP contribution in [-0.2, 0) is 6.54 Å². The van der Waals surface area contributed by atoms with Gasteiger partial charge < -0.3 is 4.90 Å². The molecule has 1 fully saturated rings. The maximum atomic E-state index is 13.0. The fourth-order valence-corrected chi connectivity index (χ4v) is 3.36. The van der Waals surface area contributed by atoms with Crippen LogP contribution in [0.3, 0.4) is 0 Å². The number of hydrogen-bond donors (Lipinski definition) is 0. The average molecular weight is 346 g/mol. The highest BCUT2D eigenvalue weighted by Gasteiger charge is 2.24. The molecule has 0 aliphatic carbocycles. The molecule has 1 amide bonds. The lowest BCUT2D eigenvalue weighted by molar-refractivity contribution is 0.0620. The van der Waals surface area contributed by atoms with Crippen LogP contribution in [0.4, 0.5) is 0 Å². The standard InChI is InChI=1S/C21H22N4O/c26-21(20-15-22-17-25(20)19-9-5-2-6-10-19)24-13-11-23(12-14-24)16-18-7-3-1-4-8-18/h1-10,15,17H,11-14,16H2. The van der Waals surface area contributed by atoms with E-state index in [0.717, 1.165) is 38.4 Å². The Morgan fingerprint density at radius 1 is 0.885 bits per heavy atom. The number of carbonyl (C=O) groups is 1. The summed E-state index contributed by atoms with van der Waals surface area (Å²) in [6.45, 7) is 4.20. The summed E-state index contributed by atoms with van der Waals surface area (Å²) in [5.74, 6) is 0.0470. The monoisotopic (exact) mass is 346 g/mol. The minimum Gasteiger partial charge on any atom is -0.335 e. The maximum absolute atomic E-state index is 13.0. The van der Waals surface area contributed by atoms with Gasteiger partial charge in [-0.15, -0.1) is 0 Å². The number of imidazole rings is 1. The van der Waals surface area contributed by atoms with Crippen LogP contribution in [-0.4, -0.2) is 51.4 Å². The molecule has 1 aliphatic heterocycles. The molecule has 1 aliphatic rings. The molecular formula is C21H22N4O. The first-order valence-corrected chi connectivity index (χ1v) is 8.94. The summed E-state index contributed by atoms with van der Waals surface area (Å²) in [6, 6.07) is 20.3. The van der Waals surface area contributed by atoms with E-state index in [9.17, 15) is 4.79 Å². The van der Waals surface area contributed by atoms with Crippen LogP contribution in [0.1, 0.15) is 16.1 Å². The molecule has 5 nitrogen and oxygen atoms in total. The van der Waals surface area contributed by atoms with Crippen LogP contribution < -0.4 is 0 Å². The summed E-state index contributed by atoms with van der Waals surface area (Å²) in [5.41, 5.74) is 2.89. The summed E-state index contributed by atoms with van der Waals surface area (Å²) >= 11 is 0. The van der Waals surface area contributed by atoms with E-state index in [1.807, 2.05) is 45.9 Å². The molecule has 3 aromatic rings. The molecule has 5 heteroatoms. The van der Waals surface area contributed by atoms with Crippen LogP contribution in [0, 0.1) is 0 Å². The Morgan fingerprint density at radius 2 is 1.54 bits per heavy atom. The van der Waals surface area contributed by atoms with Crippen molar-refractivity contribution < 1.29 is 4.79 Å². The fraction of sp³-hybridized carbons (Fsp3) is 0.238. The molecular weight excluding hydrogens is 324 g/mol. The van der Waals surface area contributed by atoms with Gasteiger partial charge in [-0.05, 0) is 17.7 Å². The van der Waals surface area contributed by atoms with Crippen molar-refractivity contribution in [2.75, 3.05) is 26.2 Å². The molecule has 2 heterocycles. The Hall–Kier alpha value is -2.92. The molecule has 0 bridgehead atoms. The van der Waals surface area contributed by atoms with Gasteiger partial charge in [0.2, 0.25) is 0 Å². The van der Waals surface area contributed by atoms with Crippen LogP contribution in [0.5, 0.6) is 0 Å². The van der Waals surface area contributed by atoms with Crippen molar-refractivity contribution in [2.24, 2.45) is 0 Å². The molecule has 132 valence electrons. The van der Waals surface area contributed by atoms with Crippen LogP contribution in [0.2, 0.25) is 0 Å². The first-order valence-electron chi connectivity index (χ1n) is 8.94. The van der Waals surface area contributed by atoms with Gasteiger partial charge in [0.1, 0.15) is 5.69 Å². The van der Waals surface area contributed by atoms with Crippen molar-refractivity contribution in [1.82, 2.24) is 19.4 Å². The van der Waals surface area contributed by atoms with Crippen molar-refractivity contribution in [3.8, 4) is 5.69 Å². The minimum atomic E-state index is 0.0470. The SMILES string of the molecule is O=C(c1cncn1-c1ccccc1)N1CCN(Cc2ccccc2)CC1. The quantitative estimate of drug-likeness (QED) is 0.729. The van der Waals surface area contributed by atoms with E-state index in [2.05, 4.69) is 34.1 Å². The smallest absolute Gasteiger partial charge is 0.272 e. The van der Waals surface area contributed by atoms with Gasteiger partial charge in [0.05, 0.1) is 12.5 Å². The second kappa shape index (κ2) is 7.54. The Labute approximate surface area is 153 Å². The molecule has 0 spiro atoms. The zero-order chi connectivity index (χ0) is 17.8. The lowest BCUT2D eigenvalue weighted by atomic mass is 10.2. The van der Waals surface area contributed by atoms with Crippen molar-refractivity contribution in [1.29, 1.82) is 0 Å². The highest BCUT2D eigenvalue weighted by molar-refractivity contribution is 5.93. The van der Waals surface area contributed by atoms with Crippen molar-refractivity contribution in [3.63, 3.8) is 0 Å². The molecule has 0 radical (unpaired) electrons. The third-order valence-electron chi connectivity index (χ3n) is 4.80. The summed E-state index contributed by atoms with van der Waals surface area (Å²) < 4.78 is 1.86. The van der Waals surface area contributed by atoms with Crippen LogP contribution in [0.25, 0.3) is 5.69 Å². The zero-order valence-electron chi connectivity index (χ0n) is 14.7. The summed E-state index contributed by atoms with van der Waals surface area (Å²) in [6.07, 6.45) is 3.36. The number of carbonyl (C=O) groups excluding carboxylic acids is 1. The molecule has 1 saturated heterocycles. The van der Waals surface area contributed by atoms with Gasteiger partial charge >= 0.3 is 0 Å². The summed E-state index contributed by atoms with van der Waals surface area (Å²) in [4.78, 5) is 21.5. The average Bonchev–Trinajstić information content (AvgIpc) is 3.19. The highest BCUT2D eigenvalue weighted by atomic mass is 16.2. The number of aromatic nitrogens is 2. The lowest BCUT2D eigenvalue weighted by Gasteiger charge is -2.34. The Kier molecular flexibility index (Phi) is 4.80. The Bertz CT molecular complexity index is 852. The molecule has 1 aromatic heterocycles. The molecule has 4 rings (SSSR count). The van der Waals surface area contributed by atoms with E-state index in [1.165, 1.54) is 5.56 Å². The second-order valence-corrected chi connectivity index (χ2v) is 6.54. The number of para-hydroxylation sites is 1. The molecule has 0 atom stereocenters. The Morgan fingerprint density at radius 3 is 2.23 bits per heavy atom. The van der Waals surface area contributed by atoms with Crippen molar-refractivity contribution in [2.45, 2.75) is 6.54 Å². The topological polar surface area (TPSA) is 41.4 Å². The minimum absolute atomic E-state index is 0.0470. The van der Waals surface area contributed by atoms with E-state index in [0.29, 0.717) is 5.69 Å². The van der Waals surface area contributed by atoms with E-state index in [-0.39, 0.29) is 5.91 Å². The van der Waals surface area contributed by atoms with Gasteiger partial charge in [0.25, 0.3) is 5.91 Å². The first kappa shape index (κ1) is 16.5. The zero-order valence-corrected chi connectivity index (χ0v) is 14.7. The molecule has 26 heavy (non-hydrogen) atoms.